The maximum atomic E-state index is 12.4. The predicted octanol–water partition coefficient (Wildman–Crippen LogP) is -1.74. The zero-order valence-corrected chi connectivity index (χ0v) is 15.3. The lowest BCUT2D eigenvalue weighted by molar-refractivity contribution is -0.142. The first kappa shape index (κ1) is 22.1. The largest absolute Gasteiger partial charge is 0.480 e. The summed E-state index contributed by atoms with van der Waals surface area (Å²) < 4.78 is 0. The number of nitrogens with one attached hydrogen (secondary N) is 3. The van der Waals surface area contributed by atoms with Gasteiger partial charge in [-0.2, -0.15) is 0 Å². The molecule has 0 radical (unpaired) electrons. The quantitative estimate of drug-likeness (QED) is 0.261. The smallest absolute Gasteiger partial charge is 0.326 e. The Balaban J connectivity index is 2.77. The summed E-state index contributed by atoms with van der Waals surface area (Å²) in [5.41, 5.74) is 11.5. The van der Waals surface area contributed by atoms with Crippen LogP contribution in [0, 0.1) is 5.92 Å². The minimum Gasteiger partial charge on any atom is -0.480 e. The first-order valence-electron chi connectivity index (χ1n) is 8.45. The predicted molar refractivity (Wildman–Crippen MR) is 95.0 cm³/mol. The average molecular weight is 382 g/mol. The van der Waals surface area contributed by atoms with Gasteiger partial charge in [0, 0.05) is 12.6 Å². The molecule has 1 heterocycles. The highest BCUT2D eigenvalue weighted by molar-refractivity contribution is 5.94. The van der Waals surface area contributed by atoms with Crippen LogP contribution in [0.2, 0.25) is 0 Å². The van der Waals surface area contributed by atoms with E-state index in [1.807, 2.05) is 0 Å². The number of carbonyl (C=O) groups excluding carboxylic acids is 3. The van der Waals surface area contributed by atoms with Crippen molar-refractivity contribution in [1.29, 1.82) is 0 Å². The first-order chi connectivity index (χ1) is 12.6. The maximum absolute atomic E-state index is 12.4. The average Bonchev–Trinajstić information content (AvgIpc) is 3.05. The molecule has 0 aromatic carbocycles. The summed E-state index contributed by atoms with van der Waals surface area (Å²) in [6.07, 6.45) is 2.83. The van der Waals surface area contributed by atoms with Crippen molar-refractivity contribution in [1.82, 2.24) is 20.6 Å². The van der Waals surface area contributed by atoms with Crippen molar-refractivity contribution in [3.05, 3.63) is 18.2 Å². The summed E-state index contributed by atoms with van der Waals surface area (Å²) in [7, 11) is 0. The van der Waals surface area contributed by atoms with Crippen LogP contribution in [-0.4, -0.2) is 56.9 Å². The molecule has 1 aromatic rings. The van der Waals surface area contributed by atoms with Crippen molar-refractivity contribution in [2.75, 3.05) is 0 Å². The molecule has 0 aliphatic carbocycles. The Morgan fingerprint density at radius 2 is 1.81 bits per heavy atom. The summed E-state index contributed by atoms with van der Waals surface area (Å²) in [5, 5.41) is 13.9. The third-order valence-electron chi connectivity index (χ3n) is 3.68. The van der Waals surface area contributed by atoms with Crippen molar-refractivity contribution in [2.45, 2.75) is 51.2 Å². The highest BCUT2D eigenvalue weighted by Crippen LogP contribution is 2.06. The molecular weight excluding hydrogens is 356 g/mol. The molecule has 0 saturated carbocycles. The third kappa shape index (κ3) is 7.86. The number of amides is 3. The molecule has 3 atom stereocenters. The highest BCUT2D eigenvalue weighted by atomic mass is 16.4. The molecule has 1 rings (SSSR count). The zero-order valence-electron chi connectivity index (χ0n) is 15.3. The minimum absolute atomic E-state index is 0.0119. The van der Waals surface area contributed by atoms with Gasteiger partial charge >= 0.3 is 5.97 Å². The van der Waals surface area contributed by atoms with Gasteiger partial charge in [0.15, 0.2) is 0 Å². The van der Waals surface area contributed by atoms with E-state index < -0.39 is 48.2 Å². The summed E-state index contributed by atoms with van der Waals surface area (Å²) in [6.45, 7) is 3.61. The Morgan fingerprint density at radius 3 is 2.30 bits per heavy atom. The number of carboxylic acids is 1. The van der Waals surface area contributed by atoms with Gasteiger partial charge in [-0.05, 0) is 12.3 Å². The van der Waals surface area contributed by atoms with Crippen molar-refractivity contribution < 1.29 is 24.3 Å². The van der Waals surface area contributed by atoms with Crippen molar-refractivity contribution >= 4 is 23.7 Å². The van der Waals surface area contributed by atoms with Gasteiger partial charge in [0.05, 0.1) is 24.5 Å². The molecule has 3 amide bonds. The van der Waals surface area contributed by atoms with E-state index in [2.05, 4.69) is 20.6 Å². The van der Waals surface area contributed by atoms with Crippen LogP contribution in [0.25, 0.3) is 0 Å². The molecule has 0 spiro atoms. The molecule has 0 saturated heterocycles. The number of H-pyrrole nitrogens is 1. The van der Waals surface area contributed by atoms with E-state index in [4.69, 9.17) is 11.5 Å². The fourth-order valence-corrected chi connectivity index (χ4v) is 2.37. The highest BCUT2D eigenvalue weighted by Gasteiger charge is 2.29. The van der Waals surface area contributed by atoms with E-state index in [1.165, 1.54) is 6.33 Å². The van der Waals surface area contributed by atoms with Crippen LogP contribution >= 0.6 is 0 Å². The molecule has 0 unspecified atom stereocenters. The van der Waals surface area contributed by atoms with E-state index in [-0.39, 0.29) is 18.8 Å². The number of aromatic nitrogens is 2. The SMILES string of the molecule is CC(C)C[C@H](NC(=O)[C@H](CC(N)=O)NC(=O)[C@@H](N)Cc1c[nH]cn1)C(=O)O. The van der Waals surface area contributed by atoms with Crippen molar-refractivity contribution in [2.24, 2.45) is 17.4 Å². The lowest BCUT2D eigenvalue weighted by Crippen LogP contribution is -2.55. The molecule has 150 valence electrons. The number of nitrogens with zero attached hydrogens (tertiary/aromatic N) is 1. The Kier molecular flexibility index (Phi) is 8.39. The normalized spacial score (nSPS) is 14.2. The molecule has 11 heteroatoms. The van der Waals surface area contributed by atoms with Crippen LogP contribution < -0.4 is 22.1 Å². The van der Waals surface area contributed by atoms with Gasteiger partial charge in [0.25, 0.3) is 0 Å². The minimum atomic E-state index is -1.32. The lowest BCUT2D eigenvalue weighted by Gasteiger charge is -2.22. The number of hydrogen-bond acceptors (Lipinski definition) is 6. The fraction of sp³-hybridized carbons (Fsp3) is 0.562. The second-order valence-corrected chi connectivity index (χ2v) is 6.63. The second-order valence-electron chi connectivity index (χ2n) is 6.63. The molecular formula is C16H26N6O5. The standard InChI is InChI=1S/C16H26N6O5/c1-8(2)3-12(16(26)27)22-15(25)11(5-13(18)23)21-14(24)10(17)4-9-6-19-7-20-9/h6-8,10-12H,3-5,17H2,1-2H3,(H2,18,23)(H,19,20)(H,21,24)(H,22,25)(H,26,27)/t10-,11-,12-/m0/s1. The topological polar surface area (TPSA) is 193 Å². The fourth-order valence-electron chi connectivity index (χ4n) is 2.37. The monoisotopic (exact) mass is 382 g/mol. The van der Waals surface area contributed by atoms with Crippen molar-refractivity contribution in [3.63, 3.8) is 0 Å². The number of rotatable bonds is 11. The second kappa shape index (κ2) is 10.3. The molecule has 0 fully saturated rings. The third-order valence-corrected chi connectivity index (χ3v) is 3.68. The van der Waals surface area contributed by atoms with Crippen molar-refractivity contribution in [3.8, 4) is 0 Å². The van der Waals surface area contributed by atoms with Crippen LogP contribution in [0.3, 0.4) is 0 Å². The number of hydrogen-bond donors (Lipinski definition) is 6. The summed E-state index contributed by atoms with van der Waals surface area (Å²) in [4.78, 5) is 53.9. The van der Waals surface area contributed by atoms with Gasteiger partial charge in [-0.3, -0.25) is 14.4 Å². The summed E-state index contributed by atoms with van der Waals surface area (Å²) in [6, 6.07) is -3.49. The van der Waals surface area contributed by atoms with E-state index in [9.17, 15) is 24.3 Å². The van der Waals surface area contributed by atoms with Crippen LogP contribution in [0.1, 0.15) is 32.4 Å². The number of carboxylic acid groups (broad SMARTS) is 1. The van der Waals surface area contributed by atoms with E-state index in [0.717, 1.165) is 0 Å². The van der Waals surface area contributed by atoms with Gasteiger partial charge in [0.1, 0.15) is 12.1 Å². The van der Waals surface area contributed by atoms with E-state index >= 15 is 0 Å². The Hall–Kier alpha value is -2.95. The molecule has 0 aliphatic heterocycles. The molecule has 8 N–H and O–H groups in total. The zero-order chi connectivity index (χ0) is 20.6. The Bertz CT molecular complexity index is 660. The number of aromatic amines is 1. The number of aliphatic carboxylic acids is 1. The summed E-state index contributed by atoms with van der Waals surface area (Å²) in [5.74, 6) is -3.53. The lowest BCUT2D eigenvalue weighted by atomic mass is 10.0. The first-order valence-corrected chi connectivity index (χ1v) is 8.45. The van der Waals surface area contributed by atoms with Crippen LogP contribution in [-0.2, 0) is 25.6 Å². The van der Waals surface area contributed by atoms with Crippen LogP contribution in [0.15, 0.2) is 12.5 Å². The molecule has 0 bridgehead atoms. The molecule has 1 aromatic heterocycles. The van der Waals surface area contributed by atoms with Gasteiger partial charge in [-0.25, -0.2) is 9.78 Å². The van der Waals surface area contributed by atoms with Crippen LogP contribution in [0.5, 0.6) is 0 Å². The maximum Gasteiger partial charge on any atom is 0.326 e. The van der Waals surface area contributed by atoms with E-state index in [1.54, 1.807) is 20.0 Å². The molecule has 0 aliphatic rings. The van der Waals surface area contributed by atoms with E-state index in [0.29, 0.717) is 5.69 Å². The number of primary amides is 1. The van der Waals surface area contributed by atoms with Gasteiger partial charge < -0.3 is 32.2 Å². The van der Waals surface area contributed by atoms with Crippen LogP contribution in [0.4, 0.5) is 0 Å². The Labute approximate surface area is 156 Å². The molecule has 11 nitrogen and oxygen atoms in total. The summed E-state index contributed by atoms with van der Waals surface area (Å²) >= 11 is 0. The number of nitrogens with two attached hydrogens (primary N) is 2. The number of imidazole rings is 1. The Morgan fingerprint density at radius 1 is 1.19 bits per heavy atom. The van der Waals surface area contributed by atoms with Gasteiger partial charge in [0.2, 0.25) is 17.7 Å². The molecule has 27 heavy (non-hydrogen) atoms. The van der Waals surface area contributed by atoms with Gasteiger partial charge in [-0.1, -0.05) is 13.8 Å². The van der Waals surface area contributed by atoms with Gasteiger partial charge in [-0.15, -0.1) is 0 Å². The number of carbonyl (C=O) groups is 4.